The van der Waals surface area contributed by atoms with Crippen LogP contribution in [0.25, 0.3) is 0 Å². The number of nitrogens with one attached hydrogen (secondary N) is 1. The number of halogens is 2. The fourth-order valence-corrected chi connectivity index (χ4v) is 4.72. The first kappa shape index (κ1) is 24.4. The third-order valence-corrected chi connectivity index (χ3v) is 7.08. The molecule has 1 saturated heterocycles. The highest BCUT2D eigenvalue weighted by Gasteiger charge is 2.24. The highest BCUT2D eigenvalue weighted by atomic mass is 35.5. The van der Waals surface area contributed by atoms with Gasteiger partial charge in [0.1, 0.15) is 6.54 Å². The summed E-state index contributed by atoms with van der Waals surface area (Å²) in [5.74, 6) is -0.732. The molecule has 0 atom stereocenters. The molecule has 0 aliphatic carbocycles. The molecular formula is C22H25Cl2N3O4S. The second-order valence-electron chi connectivity index (χ2n) is 7.67. The van der Waals surface area contributed by atoms with Crippen molar-refractivity contribution in [2.24, 2.45) is 0 Å². The van der Waals surface area contributed by atoms with Crippen molar-refractivity contribution in [3.05, 3.63) is 58.1 Å². The molecule has 2 amide bonds. The van der Waals surface area contributed by atoms with Crippen LogP contribution in [0.3, 0.4) is 0 Å². The molecule has 0 aromatic heterocycles. The van der Waals surface area contributed by atoms with Gasteiger partial charge in [-0.3, -0.25) is 13.9 Å². The minimum absolute atomic E-state index is 0.146. The summed E-state index contributed by atoms with van der Waals surface area (Å²) in [6, 6.07) is 11.1. The van der Waals surface area contributed by atoms with E-state index >= 15 is 0 Å². The van der Waals surface area contributed by atoms with Crippen LogP contribution >= 0.6 is 23.2 Å². The highest BCUT2D eigenvalue weighted by molar-refractivity contribution is 7.92. The molecule has 1 fully saturated rings. The van der Waals surface area contributed by atoms with Crippen LogP contribution in [0.2, 0.25) is 10.0 Å². The van der Waals surface area contributed by atoms with E-state index in [4.69, 9.17) is 23.2 Å². The first-order valence-electron chi connectivity index (χ1n) is 10.3. The molecule has 0 spiro atoms. The number of hydrogen-bond donors (Lipinski definition) is 1. The normalized spacial score (nSPS) is 14.5. The number of para-hydroxylation sites is 1. The molecule has 1 heterocycles. The summed E-state index contributed by atoms with van der Waals surface area (Å²) in [4.78, 5) is 27.7. The average Bonchev–Trinajstić information content (AvgIpc) is 3.03. The topological polar surface area (TPSA) is 86.8 Å². The van der Waals surface area contributed by atoms with Crippen LogP contribution in [0.15, 0.2) is 42.5 Å². The Morgan fingerprint density at radius 1 is 1.00 bits per heavy atom. The molecule has 7 nitrogen and oxygen atoms in total. The Labute approximate surface area is 198 Å². The maximum absolute atomic E-state index is 13.1. The van der Waals surface area contributed by atoms with Crippen LogP contribution in [0.5, 0.6) is 0 Å². The molecule has 0 saturated carbocycles. The number of carbonyl (C=O) groups is 2. The zero-order chi connectivity index (χ0) is 23.3. The van der Waals surface area contributed by atoms with Crippen molar-refractivity contribution in [3.63, 3.8) is 0 Å². The van der Waals surface area contributed by atoms with E-state index in [1.807, 2.05) is 0 Å². The third kappa shape index (κ3) is 6.15. The summed E-state index contributed by atoms with van der Waals surface area (Å²) in [5, 5.41) is 3.14. The van der Waals surface area contributed by atoms with Crippen LogP contribution < -0.4 is 9.62 Å². The molecule has 1 aliphatic rings. The van der Waals surface area contributed by atoms with Crippen molar-refractivity contribution in [2.45, 2.75) is 25.7 Å². The highest BCUT2D eigenvalue weighted by Crippen LogP contribution is 2.28. The van der Waals surface area contributed by atoms with Gasteiger partial charge in [-0.25, -0.2) is 8.42 Å². The number of amides is 2. The fourth-order valence-electron chi connectivity index (χ4n) is 3.58. The van der Waals surface area contributed by atoms with E-state index in [0.29, 0.717) is 24.3 Å². The Kier molecular flexibility index (Phi) is 8.03. The van der Waals surface area contributed by atoms with Gasteiger partial charge < -0.3 is 10.2 Å². The lowest BCUT2D eigenvalue weighted by Crippen LogP contribution is -2.38. The molecule has 0 unspecified atom stereocenters. The SMILES string of the molecule is CS(=O)(=O)N(CC(=O)Nc1ccccc1C(=O)N1CCCCCC1)c1ccc(Cl)c(Cl)c1. The Bertz CT molecular complexity index is 1100. The largest absolute Gasteiger partial charge is 0.339 e. The van der Waals surface area contributed by atoms with E-state index in [1.165, 1.54) is 18.2 Å². The van der Waals surface area contributed by atoms with Gasteiger partial charge in [-0.05, 0) is 43.2 Å². The van der Waals surface area contributed by atoms with Gasteiger partial charge in [0.25, 0.3) is 5.91 Å². The Morgan fingerprint density at radius 2 is 1.66 bits per heavy atom. The van der Waals surface area contributed by atoms with Gasteiger partial charge in [0.15, 0.2) is 0 Å². The lowest BCUT2D eigenvalue weighted by atomic mass is 10.1. The van der Waals surface area contributed by atoms with E-state index in [-0.39, 0.29) is 21.6 Å². The summed E-state index contributed by atoms with van der Waals surface area (Å²) in [6.45, 7) is 0.879. The van der Waals surface area contributed by atoms with Gasteiger partial charge in [-0.1, -0.05) is 48.2 Å². The summed E-state index contributed by atoms with van der Waals surface area (Å²) >= 11 is 11.9. The van der Waals surface area contributed by atoms with Crippen molar-refractivity contribution < 1.29 is 18.0 Å². The number of carbonyl (C=O) groups excluding carboxylic acids is 2. The average molecular weight is 498 g/mol. The standard InChI is InChI=1S/C22H25Cl2N3O4S/c1-32(30,31)27(16-10-11-18(23)19(24)14-16)15-21(28)25-20-9-5-4-8-17(20)22(29)26-12-6-2-3-7-13-26/h4-5,8-11,14H,2-3,6-7,12-13,15H2,1H3,(H,25,28). The van der Waals surface area contributed by atoms with Crippen LogP contribution in [-0.2, 0) is 14.8 Å². The third-order valence-electron chi connectivity index (χ3n) is 5.20. The molecule has 0 bridgehead atoms. The number of sulfonamides is 1. The van der Waals surface area contributed by atoms with Crippen molar-refractivity contribution in [2.75, 3.05) is 35.5 Å². The maximum atomic E-state index is 13.1. The maximum Gasteiger partial charge on any atom is 0.255 e. The molecule has 10 heteroatoms. The number of anilines is 2. The van der Waals surface area contributed by atoms with Crippen LogP contribution in [0.4, 0.5) is 11.4 Å². The number of benzene rings is 2. The van der Waals surface area contributed by atoms with E-state index in [2.05, 4.69) is 5.32 Å². The molecule has 32 heavy (non-hydrogen) atoms. The Morgan fingerprint density at radius 3 is 2.28 bits per heavy atom. The summed E-state index contributed by atoms with van der Waals surface area (Å²) < 4.78 is 25.6. The van der Waals surface area contributed by atoms with Crippen molar-refractivity contribution in [3.8, 4) is 0 Å². The van der Waals surface area contributed by atoms with E-state index in [1.54, 1.807) is 29.2 Å². The first-order chi connectivity index (χ1) is 15.2. The lowest BCUT2D eigenvalue weighted by Gasteiger charge is -2.24. The van der Waals surface area contributed by atoms with Crippen molar-refractivity contribution in [1.29, 1.82) is 0 Å². The zero-order valence-corrected chi connectivity index (χ0v) is 20.0. The number of nitrogens with zero attached hydrogens (tertiary/aromatic N) is 2. The second-order valence-corrected chi connectivity index (χ2v) is 10.4. The van der Waals surface area contributed by atoms with Crippen LogP contribution in [0, 0.1) is 0 Å². The van der Waals surface area contributed by atoms with E-state index in [9.17, 15) is 18.0 Å². The van der Waals surface area contributed by atoms with Gasteiger partial charge in [0, 0.05) is 13.1 Å². The zero-order valence-electron chi connectivity index (χ0n) is 17.7. The number of rotatable bonds is 6. The predicted molar refractivity (Wildman–Crippen MR) is 128 cm³/mol. The quantitative estimate of drug-likeness (QED) is 0.639. The van der Waals surface area contributed by atoms with Crippen molar-refractivity contribution in [1.82, 2.24) is 4.90 Å². The summed E-state index contributed by atoms with van der Waals surface area (Å²) in [5.41, 5.74) is 0.934. The Hall–Kier alpha value is -2.29. The van der Waals surface area contributed by atoms with Gasteiger partial charge in [-0.2, -0.15) is 0 Å². The van der Waals surface area contributed by atoms with E-state index < -0.39 is 22.5 Å². The van der Waals surface area contributed by atoms with Gasteiger partial charge in [0.2, 0.25) is 15.9 Å². The molecular weight excluding hydrogens is 473 g/mol. The first-order valence-corrected chi connectivity index (χ1v) is 12.9. The smallest absolute Gasteiger partial charge is 0.255 e. The molecule has 1 aliphatic heterocycles. The minimum atomic E-state index is -3.79. The number of hydrogen-bond acceptors (Lipinski definition) is 4. The van der Waals surface area contributed by atoms with Gasteiger partial charge in [0.05, 0.1) is 33.2 Å². The number of likely N-dealkylation sites (tertiary alicyclic amines) is 1. The second kappa shape index (κ2) is 10.6. The Balaban J connectivity index is 1.80. The van der Waals surface area contributed by atoms with Crippen LogP contribution in [-0.4, -0.2) is 51.0 Å². The molecule has 2 aromatic carbocycles. The molecule has 0 radical (unpaired) electrons. The predicted octanol–water partition coefficient (Wildman–Crippen LogP) is 4.41. The fraction of sp³-hybridized carbons (Fsp3) is 0.364. The molecule has 2 aromatic rings. The lowest BCUT2D eigenvalue weighted by molar-refractivity contribution is -0.114. The van der Waals surface area contributed by atoms with Crippen molar-refractivity contribution >= 4 is 56.4 Å². The monoisotopic (exact) mass is 497 g/mol. The minimum Gasteiger partial charge on any atom is -0.339 e. The van der Waals surface area contributed by atoms with Crippen LogP contribution in [0.1, 0.15) is 36.0 Å². The van der Waals surface area contributed by atoms with Gasteiger partial charge in [-0.15, -0.1) is 0 Å². The summed E-state index contributed by atoms with van der Waals surface area (Å²) in [6.07, 6.45) is 5.09. The molecule has 1 N–H and O–H groups in total. The summed E-state index contributed by atoms with van der Waals surface area (Å²) in [7, 11) is -3.79. The molecule has 172 valence electrons. The van der Waals surface area contributed by atoms with E-state index in [0.717, 1.165) is 36.2 Å². The van der Waals surface area contributed by atoms with Gasteiger partial charge >= 0.3 is 0 Å². The molecule has 3 rings (SSSR count).